The molecule has 4 rings (SSSR count). The molecule has 1 aliphatic carbocycles. The maximum absolute atomic E-state index is 5.80. The molecule has 18 heavy (non-hydrogen) atoms. The van der Waals surface area contributed by atoms with Crippen molar-refractivity contribution in [1.29, 1.82) is 0 Å². The van der Waals surface area contributed by atoms with Crippen molar-refractivity contribution in [2.24, 2.45) is 5.41 Å². The molecule has 0 N–H and O–H groups in total. The van der Waals surface area contributed by atoms with Crippen LogP contribution < -0.4 is 4.90 Å². The van der Waals surface area contributed by atoms with Gasteiger partial charge in [-0.15, -0.1) is 5.10 Å². The van der Waals surface area contributed by atoms with Gasteiger partial charge in [0, 0.05) is 32.2 Å². The fourth-order valence-corrected chi connectivity index (χ4v) is 3.16. The van der Waals surface area contributed by atoms with E-state index < -0.39 is 0 Å². The van der Waals surface area contributed by atoms with Gasteiger partial charge in [-0.3, -0.25) is 0 Å². The van der Waals surface area contributed by atoms with E-state index in [0.29, 0.717) is 11.3 Å². The van der Waals surface area contributed by atoms with Crippen molar-refractivity contribution in [1.82, 2.24) is 10.2 Å². The number of ether oxygens (including phenoxy) is 1. The lowest BCUT2D eigenvalue weighted by molar-refractivity contribution is 0.0253. The number of anilines is 1. The van der Waals surface area contributed by atoms with Gasteiger partial charge >= 0.3 is 6.01 Å². The Morgan fingerprint density at radius 2 is 1.94 bits per heavy atom. The van der Waals surface area contributed by atoms with E-state index in [1.54, 1.807) is 0 Å². The normalized spacial score (nSPS) is 27.0. The fraction of sp³-hybridized carbons (Fsp3) is 0.846. The SMILES string of the molecule is C1CC2(CCO1)CCN(c1nnc(C3CC3)o1)C2. The summed E-state index contributed by atoms with van der Waals surface area (Å²) in [6, 6.07) is 0.736. The monoisotopic (exact) mass is 249 g/mol. The minimum Gasteiger partial charge on any atom is -0.408 e. The molecular formula is C13H19N3O2. The zero-order chi connectivity index (χ0) is 12.0. The number of hydrogen-bond acceptors (Lipinski definition) is 5. The highest BCUT2D eigenvalue weighted by molar-refractivity contribution is 5.29. The summed E-state index contributed by atoms with van der Waals surface area (Å²) in [4.78, 5) is 2.27. The third kappa shape index (κ3) is 1.81. The van der Waals surface area contributed by atoms with Crippen LogP contribution in [0.25, 0.3) is 0 Å². The van der Waals surface area contributed by atoms with Gasteiger partial charge in [0.15, 0.2) is 0 Å². The van der Waals surface area contributed by atoms with Crippen LogP contribution in [0.15, 0.2) is 4.42 Å². The molecule has 5 nitrogen and oxygen atoms in total. The van der Waals surface area contributed by atoms with Crippen LogP contribution in [0.5, 0.6) is 0 Å². The Bertz CT molecular complexity index is 435. The molecule has 0 amide bonds. The Labute approximate surface area is 107 Å². The fourth-order valence-electron chi connectivity index (χ4n) is 3.16. The van der Waals surface area contributed by atoms with Crippen LogP contribution in [0.1, 0.15) is 43.9 Å². The molecule has 3 heterocycles. The summed E-state index contributed by atoms with van der Waals surface area (Å²) in [5.74, 6) is 1.39. The Kier molecular flexibility index (Phi) is 2.37. The molecular weight excluding hydrogens is 230 g/mol. The van der Waals surface area contributed by atoms with Gasteiger partial charge in [0.25, 0.3) is 0 Å². The van der Waals surface area contributed by atoms with Gasteiger partial charge in [-0.1, -0.05) is 5.10 Å². The quantitative estimate of drug-likeness (QED) is 0.802. The second-order valence-electron chi connectivity index (χ2n) is 5.98. The lowest BCUT2D eigenvalue weighted by Gasteiger charge is -2.32. The van der Waals surface area contributed by atoms with Gasteiger partial charge in [-0.05, 0) is 37.5 Å². The summed E-state index contributed by atoms with van der Waals surface area (Å²) in [5.41, 5.74) is 0.437. The molecule has 98 valence electrons. The summed E-state index contributed by atoms with van der Waals surface area (Å²) in [6.07, 6.45) is 6.00. The van der Waals surface area contributed by atoms with Crippen molar-refractivity contribution in [2.75, 3.05) is 31.2 Å². The first-order valence-corrected chi connectivity index (χ1v) is 7.01. The number of rotatable bonds is 2. The molecule has 1 aromatic heterocycles. The molecule has 2 saturated heterocycles. The molecule has 0 unspecified atom stereocenters. The second-order valence-corrected chi connectivity index (χ2v) is 5.98. The average Bonchev–Trinajstić information content (AvgIpc) is 2.99. The van der Waals surface area contributed by atoms with Gasteiger partial charge in [0.05, 0.1) is 0 Å². The Morgan fingerprint density at radius 1 is 1.11 bits per heavy atom. The smallest absolute Gasteiger partial charge is 0.318 e. The van der Waals surface area contributed by atoms with Crippen molar-refractivity contribution in [3.8, 4) is 0 Å². The van der Waals surface area contributed by atoms with Crippen molar-refractivity contribution in [3.05, 3.63) is 5.89 Å². The minimum atomic E-state index is 0.437. The Balaban J connectivity index is 1.48. The zero-order valence-corrected chi connectivity index (χ0v) is 10.6. The molecule has 1 aromatic rings. The van der Waals surface area contributed by atoms with E-state index in [2.05, 4.69) is 15.1 Å². The van der Waals surface area contributed by atoms with E-state index in [4.69, 9.17) is 9.15 Å². The molecule has 5 heteroatoms. The first-order chi connectivity index (χ1) is 8.85. The van der Waals surface area contributed by atoms with Gasteiger partial charge in [-0.2, -0.15) is 0 Å². The molecule has 0 aromatic carbocycles. The third-order valence-corrected chi connectivity index (χ3v) is 4.62. The van der Waals surface area contributed by atoms with Gasteiger partial charge in [0.2, 0.25) is 5.89 Å². The summed E-state index contributed by atoms with van der Waals surface area (Å²) in [6.45, 7) is 3.92. The third-order valence-electron chi connectivity index (χ3n) is 4.62. The number of hydrogen-bond donors (Lipinski definition) is 0. The lowest BCUT2D eigenvalue weighted by Crippen LogP contribution is -2.33. The van der Waals surface area contributed by atoms with Crippen LogP contribution in [0.2, 0.25) is 0 Å². The Morgan fingerprint density at radius 3 is 2.72 bits per heavy atom. The summed E-state index contributed by atoms with van der Waals surface area (Å²) in [7, 11) is 0. The van der Waals surface area contributed by atoms with E-state index in [-0.39, 0.29) is 0 Å². The molecule has 0 bridgehead atoms. The molecule has 3 fully saturated rings. The van der Waals surface area contributed by atoms with Crippen molar-refractivity contribution in [2.45, 2.75) is 38.0 Å². The van der Waals surface area contributed by atoms with E-state index >= 15 is 0 Å². The van der Waals surface area contributed by atoms with Crippen LogP contribution in [0.3, 0.4) is 0 Å². The van der Waals surface area contributed by atoms with Crippen molar-refractivity contribution >= 4 is 6.01 Å². The lowest BCUT2D eigenvalue weighted by atomic mass is 9.80. The first kappa shape index (κ1) is 10.8. The molecule has 2 aliphatic heterocycles. The second kappa shape index (κ2) is 3.95. The van der Waals surface area contributed by atoms with E-state index in [0.717, 1.165) is 38.2 Å². The summed E-state index contributed by atoms with van der Waals surface area (Å²) in [5, 5.41) is 8.39. The van der Waals surface area contributed by atoms with Crippen LogP contribution in [-0.2, 0) is 4.74 Å². The van der Waals surface area contributed by atoms with E-state index in [9.17, 15) is 0 Å². The maximum Gasteiger partial charge on any atom is 0.318 e. The summed E-state index contributed by atoms with van der Waals surface area (Å²) < 4.78 is 11.3. The summed E-state index contributed by atoms with van der Waals surface area (Å²) >= 11 is 0. The van der Waals surface area contributed by atoms with Gasteiger partial charge in [-0.25, -0.2) is 0 Å². The van der Waals surface area contributed by atoms with Crippen LogP contribution >= 0.6 is 0 Å². The molecule has 0 radical (unpaired) electrons. The van der Waals surface area contributed by atoms with Crippen LogP contribution in [0.4, 0.5) is 6.01 Å². The highest BCUT2D eigenvalue weighted by atomic mass is 16.5. The Hall–Kier alpha value is -1.10. The predicted molar refractivity (Wildman–Crippen MR) is 65.6 cm³/mol. The van der Waals surface area contributed by atoms with Crippen LogP contribution in [-0.4, -0.2) is 36.5 Å². The van der Waals surface area contributed by atoms with Gasteiger partial charge in [0.1, 0.15) is 0 Å². The van der Waals surface area contributed by atoms with E-state index in [1.165, 1.54) is 32.1 Å². The standard InChI is InChI=1S/C13H19N3O2/c1-2-10(1)11-14-15-12(18-11)16-6-3-13(9-16)4-7-17-8-5-13/h10H,1-9H2. The zero-order valence-electron chi connectivity index (χ0n) is 10.6. The largest absolute Gasteiger partial charge is 0.408 e. The predicted octanol–water partition coefficient (Wildman–Crippen LogP) is 1.95. The number of aromatic nitrogens is 2. The average molecular weight is 249 g/mol. The van der Waals surface area contributed by atoms with Crippen molar-refractivity contribution in [3.63, 3.8) is 0 Å². The van der Waals surface area contributed by atoms with Crippen LogP contribution in [0, 0.1) is 5.41 Å². The van der Waals surface area contributed by atoms with Gasteiger partial charge < -0.3 is 14.1 Å². The molecule has 1 saturated carbocycles. The molecule has 1 spiro atoms. The molecule has 3 aliphatic rings. The van der Waals surface area contributed by atoms with Crippen molar-refractivity contribution < 1.29 is 9.15 Å². The first-order valence-electron chi connectivity index (χ1n) is 7.01. The maximum atomic E-state index is 5.80. The number of nitrogens with zero attached hydrogens (tertiary/aromatic N) is 3. The highest BCUT2D eigenvalue weighted by Gasteiger charge is 2.41. The van der Waals surface area contributed by atoms with E-state index in [1.807, 2.05) is 0 Å². The highest BCUT2D eigenvalue weighted by Crippen LogP contribution is 2.43. The molecule has 0 atom stereocenters. The minimum absolute atomic E-state index is 0.437. The topological polar surface area (TPSA) is 51.4 Å².